The number of amides is 1. The van der Waals surface area contributed by atoms with E-state index in [1.165, 1.54) is 6.42 Å². The number of rotatable bonds is 9. The number of hydrogen-bond donors (Lipinski definition) is 3. The highest BCUT2D eigenvalue weighted by Crippen LogP contribution is 2.25. The summed E-state index contributed by atoms with van der Waals surface area (Å²) < 4.78 is 26.2. The molecule has 24 heavy (non-hydrogen) atoms. The van der Waals surface area contributed by atoms with Crippen LogP contribution in [-0.4, -0.2) is 33.2 Å². The third-order valence-electron chi connectivity index (χ3n) is 4.19. The largest absolute Gasteiger partial charge is 0.399 e. The summed E-state index contributed by atoms with van der Waals surface area (Å²) in [6, 6.07) is 7.41. The Kier molecular flexibility index (Phi) is 8.52. The lowest BCUT2D eigenvalue weighted by Gasteiger charge is -2.25. The molecule has 8 heteroatoms. The van der Waals surface area contributed by atoms with Crippen molar-refractivity contribution in [2.75, 3.05) is 24.6 Å². The lowest BCUT2D eigenvalue weighted by atomic mass is 9.86. The normalized spacial score (nSPS) is 14.5. The summed E-state index contributed by atoms with van der Waals surface area (Å²) >= 11 is 0. The number of carbonyl (C=O) groups is 1. The highest BCUT2D eigenvalue weighted by molar-refractivity contribution is 7.89. The predicted molar refractivity (Wildman–Crippen MR) is 98.6 cm³/mol. The maximum absolute atomic E-state index is 11.8. The summed E-state index contributed by atoms with van der Waals surface area (Å²) in [5, 5.41) is 2.65. The Hall–Kier alpha value is -1.31. The van der Waals surface area contributed by atoms with Crippen LogP contribution in [-0.2, 0) is 21.2 Å². The highest BCUT2D eigenvalue weighted by Gasteiger charge is 2.20. The molecule has 0 unspecified atom stereocenters. The van der Waals surface area contributed by atoms with Gasteiger partial charge in [0.15, 0.2) is 0 Å². The molecule has 1 aromatic rings. The maximum Gasteiger partial charge on any atom is 0.220 e. The fourth-order valence-corrected chi connectivity index (χ4v) is 3.44. The Labute approximate surface area is 150 Å². The summed E-state index contributed by atoms with van der Waals surface area (Å²) in [6.07, 6.45) is 4.23. The number of halogens is 1. The van der Waals surface area contributed by atoms with Crippen LogP contribution >= 0.6 is 12.4 Å². The quantitative estimate of drug-likeness (QED) is 0.568. The molecule has 0 radical (unpaired) electrons. The summed E-state index contributed by atoms with van der Waals surface area (Å²) in [4.78, 5) is 11.8. The smallest absolute Gasteiger partial charge is 0.220 e. The predicted octanol–water partition coefficient (Wildman–Crippen LogP) is 1.46. The van der Waals surface area contributed by atoms with Crippen LogP contribution in [0.3, 0.4) is 0 Å². The molecule has 1 amide bonds. The van der Waals surface area contributed by atoms with E-state index < -0.39 is 10.0 Å². The second-order valence-electron chi connectivity index (χ2n) is 6.01. The minimum atomic E-state index is -3.31. The van der Waals surface area contributed by atoms with Gasteiger partial charge in [-0.1, -0.05) is 24.6 Å². The van der Waals surface area contributed by atoms with Gasteiger partial charge in [0.25, 0.3) is 0 Å². The minimum Gasteiger partial charge on any atom is -0.399 e. The molecule has 1 aliphatic rings. The third kappa shape index (κ3) is 7.07. The molecule has 0 bridgehead atoms. The summed E-state index contributed by atoms with van der Waals surface area (Å²) in [5.41, 5.74) is 7.42. The molecule has 0 aliphatic heterocycles. The lowest BCUT2D eigenvalue weighted by Crippen LogP contribution is -2.37. The SMILES string of the molecule is Cl.Nc1ccccc1CCC(=O)NCCS(=O)(=O)NCC1CCC1. The molecule has 136 valence electrons. The molecule has 0 heterocycles. The van der Waals surface area contributed by atoms with Crippen molar-refractivity contribution >= 4 is 34.0 Å². The molecule has 1 aromatic carbocycles. The zero-order valence-electron chi connectivity index (χ0n) is 13.7. The highest BCUT2D eigenvalue weighted by atomic mass is 35.5. The van der Waals surface area contributed by atoms with Crippen LogP contribution in [0.25, 0.3) is 0 Å². The van der Waals surface area contributed by atoms with E-state index in [-0.39, 0.29) is 30.6 Å². The number of aryl methyl sites for hydroxylation is 1. The van der Waals surface area contributed by atoms with Crippen molar-refractivity contribution in [3.63, 3.8) is 0 Å². The van der Waals surface area contributed by atoms with Gasteiger partial charge in [-0.3, -0.25) is 4.79 Å². The second-order valence-corrected chi connectivity index (χ2v) is 7.94. The van der Waals surface area contributed by atoms with Gasteiger partial charge >= 0.3 is 0 Å². The monoisotopic (exact) mass is 375 g/mol. The van der Waals surface area contributed by atoms with E-state index in [0.29, 0.717) is 31.0 Å². The molecule has 2 rings (SSSR count). The van der Waals surface area contributed by atoms with Gasteiger partial charge in [0.1, 0.15) is 0 Å². The number of nitrogens with two attached hydrogens (primary N) is 1. The second kappa shape index (κ2) is 9.86. The Morgan fingerprint density at radius 2 is 1.96 bits per heavy atom. The van der Waals surface area contributed by atoms with E-state index in [1.54, 1.807) is 6.07 Å². The lowest BCUT2D eigenvalue weighted by molar-refractivity contribution is -0.120. The zero-order valence-corrected chi connectivity index (χ0v) is 15.3. The number of carbonyl (C=O) groups excluding carboxylic acids is 1. The van der Waals surface area contributed by atoms with Gasteiger partial charge in [-0.15, -0.1) is 12.4 Å². The van der Waals surface area contributed by atoms with Gasteiger partial charge < -0.3 is 11.1 Å². The van der Waals surface area contributed by atoms with E-state index in [0.717, 1.165) is 18.4 Å². The number of anilines is 1. The van der Waals surface area contributed by atoms with Crippen LogP contribution in [0.4, 0.5) is 5.69 Å². The first-order valence-corrected chi connectivity index (χ1v) is 9.69. The fourth-order valence-electron chi connectivity index (χ4n) is 2.44. The summed E-state index contributed by atoms with van der Waals surface area (Å²) in [5.74, 6) is 0.233. The van der Waals surface area contributed by atoms with E-state index in [1.807, 2.05) is 18.2 Å². The Morgan fingerprint density at radius 1 is 1.25 bits per heavy atom. The molecule has 1 fully saturated rings. The first-order chi connectivity index (χ1) is 11.0. The van der Waals surface area contributed by atoms with Crippen LogP contribution in [0, 0.1) is 5.92 Å². The maximum atomic E-state index is 11.8. The van der Waals surface area contributed by atoms with Crippen molar-refractivity contribution in [1.29, 1.82) is 0 Å². The molecule has 6 nitrogen and oxygen atoms in total. The molecule has 4 N–H and O–H groups in total. The molecular weight excluding hydrogens is 350 g/mol. The first kappa shape index (κ1) is 20.7. The van der Waals surface area contributed by atoms with Gasteiger partial charge in [0, 0.05) is 25.2 Å². The van der Waals surface area contributed by atoms with Crippen LogP contribution in [0.5, 0.6) is 0 Å². The van der Waals surface area contributed by atoms with Crippen molar-refractivity contribution in [2.45, 2.75) is 32.1 Å². The van der Waals surface area contributed by atoms with Crippen LogP contribution in [0.2, 0.25) is 0 Å². The van der Waals surface area contributed by atoms with Crippen LogP contribution in [0.1, 0.15) is 31.2 Å². The molecule has 0 saturated heterocycles. The van der Waals surface area contributed by atoms with Crippen molar-refractivity contribution < 1.29 is 13.2 Å². The number of benzene rings is 1. The van der Waals surface area contributed by atoms with Crippen LogP contribution in [0.15, 0.2) is 24.3 Å². The summed E-state index contributed by atoms with van der Waals surface area (Å²) in [7, 11) is -3.31. The summed E-state index contributed by atoms with van der Waals surface area (Å²) in [6.45, 7) is 0.646. The van der Waals surface area contributed by atoms with E-state index >= 15 is 0 Å². The average Bonchev–Trinajstić information content (AvgIpc) is 2.44. The fraction of sp³-hybridized carbons (Fsp3) is 0.562. The zero-order chi connectivity index (χ0) is 16.7. The number of sulfonamides is 1. The van der Waals surface area contributed by atoms with Crippen molar-refractivity contribution in [2.24, 2.45) is 5.92 Å². The van der Waals surface area contributed by atoms with Gasteiger partial charge in [0.05, 0.1) is 5.75 Å². The van der Waals surface area contributed by atoms with Crippen molar-refractivity contribution in [1.82, 2.24) is 10.0 Å². The number of hydrogen-bond acceptors (Lipinski definition) is 4. The first-order valence-electron chi connectivity index (χ1n) is 8.04. The van der Waals surface area contributed by atoms with Gasteiger partial charge in [-0.25, -0.2) is 13.1 Å². The van der Waals surface area contributed by atoms with Crippen molar-refractivity contribution in [3.05, 3.63) is 29.8 Å². The molecular formula is C16H26ClN3O3S. The molecule has 0 aromatic heterocycles. The van der Waals surface area contributed by atoms with Gasteiger partial charge in [-0.2, -0.15) is 0 Å². The van der Waals surface area contributed by atoms with Crippen molar-refractivity contribution in [3.8, 4) is 0 Å². The van der Waals surface area contributed by atoms with Gasteiger partial charge in [0.2, 0.25) is 15.9 Å². The average molecular weight is 376 g/mol. The Balaban J connectivity index is 0.00000288. The topological polar surface area (TPSA) is 101 Å². The van der Waals surface area contributed by atoms with E-state index in [2.05, 4.69) is 10.0 Å². The number of nitrogen functional groups attached to an aromatic ring is 1. The van der Waals surface area contributed by atoms with Crippen LogP contribution < -0.4 is 15.8 Å². The molecule has 0 atom stereocenters. The Bertz CT molecular complexity index is 633. The molecule has 1 saturated carbocycles. The Morgan fingerprint density at radius 3 is 2.58 bits per heavy atom. The molecule has 1 aliphatic carbocycles. The van der Waals surface area contributed by atoms with Gasteiger partial charge in [-0.05, 0) is 36.8 Å². The van der Waals surface area contributed by atoms with E-state index in [9.17, 15) is 13.2 Å². The number of para-hydroxylation sites is 1. The molecule has 0 spiro atoms. The van der Waals surface area contributed by atoms with E-state index in [4.69, 9.17) is 5.73 Å². The number of nitrogens with one attached hydrogen (secondary N) is 2. The minimum absolute atomic E-state index is 0. The third-order valence-corrected chi connectivity index (χ3v) is 5.53. The standard InChI is InChI=1S/C16H25N3O3S.ClH/c17-15-7-2-1-6-14(15)8-9-16(20)18-10-11-23(21,22)19-12-13-4-3-5-13;/h1-2,6-7,13,19H,3-5,8-12,17H2,(H,18,20);1H.